The topological polar surface area (TPSA) is 50.7 Å². The second-order valence-corrected chi connectivity index (χ2v) is 5.34. The fourth-order valence-corrected chi connectivity index (χ4v) is 2.41. The van der Waals surface area contributed by atoms with E-state index in [9.17, 15) is 4.79 Å². The van der Waals surface area contributed by atoms with Crippen molar-refractivity contribution in [3.63, 3.8) is 0 Å². The highest BCUT2D eigenvalue weighted by Crippen LogP contribution is 2.23. The molecular formula is C14H13ClN2O2S. The summed E-state index contributed by atoms with van der Waals surface area (Å²) in [6.07, 6.45) is 0. The third-order valence-electron chi connectivity index (χ3n) is 2.62. The molecule has 2 aromatic rings. The molecule has 20 heavy (non-hydrogen) atoms. The van der Waals surface area contributed by atoms with Crippen LogP contribution in [0, 0.1) is 0 Å². The van der Waals surface area contributed by atoms with Gasteiger partial charge in [0.2, 0.25) is 0 Å². The van der Waals surface area contributed by atoms with Gasteiger partial charge < -0.3 is 4.74 Å². The number of nitrogens with zero attached hydrogens (tertiary/aromatic N) is 1. The number of hydrogen-bond acceptors (Lipinski definition) is 4. The van der Waals surface area contributed by atoms with Gasteiger partial charge in [-0.15, -0.1) is 11.3 Å². The van der Waals surface area contributed by atoms with Gasteiger partial charge in [0.05, 0.1) is 17.7 Å². The van der Waals surface area contributed by atoms with Crippen LogP contribution in [0.3, 0.4) is 0 Å². The molecule has 1 N–H and O–H groups in total. The number of halogens is 1. The van der Waals surface area contributed by atoms with Crippen molar-refractivity contribution in [3.8, 4) is 5.75 Å². The molecule has 6 heteroatoms. The smallest absolute Gasteiger partial charge is 0.281 e. The molecule has 1 heterocycles. The highest BCUT2D eigenvalue weighted by Gasteiger charge is 2.09. The Morgan fingerprint density at radius 3 is 2.85 bits per heavy atom. The van der Waals surface area contributed by atoms with Crippen molar-refractivity contribution in [2.75, 3.05) is 7.11 Å². The van der Waals surface area contributed by atoms with Crippen LogP contribution < -0.4 is 10.2 Å². The molecule has 0 unspecified atom stereocenters. The van der Waals surface area contributed by atoms with Crippen molar-refractivity contribution in [2.24, 2.45) is 5.10 Å². The zero-order valence-electron chi connectivity index (χ0n) is 11.0. The molecule has 2 rings (SSSR count). The molecule has 0 saturated heterocycles. The minimum Gasteiger partial charge on any atom is -0.496 e. The number of methoxy groups -OCH3 is 1. The van der Waals surface area contributed by atoms with Gasteiger partial charge in [-0.25, -0.2) is 5.43 Å². The van der Waals surface area contributed by atoms with Crippen molar-refractivity contribution in [2.45, 2.75) is 6.92 Å². The molecule has 4 nitrogen and oxygen atoms in total. The third kappa shape index (κ3) is 3.37. The molecule has 0 spiro atoms. The first-order chi connectivity index (χ1) is 9.61. The monoisotopic (exact) mass is 308 g/mol. The lowest BCUT2D eigenvalue weighted by Gasteiger charge is -2.08. The van der Waals surface area contributed by atoms with Crippen LogP contribution in [0.1, 0.15) is 22.2 Å². The average Bonchev–Trinajstić information content (AvgIpc) is 2.98. The summed E-state index contributed by atoms with van der Waals surface area (Å²) < 4.78 is 5.25. The number of rotatable bonds is 4. The summed E-state index contributed by atoms with van der Waals surface area (Å²) in [5, 5.41) is 6.51. The molecule has 0 fully saturated rings. The largest absolute Gasteiger partial charge is 0.496 e. The number of nitrogens with one attached hydrogen (secondary N) is 1. The van der Waals surface area contributed by atoms with E-state index in [0.717, 1.165) is 5.56 Å². The van der Waals surface area contributed by atoms with Gasteiger partial charge in [0, 0.05) is 10.6 Å². The molecule has 1 amide bonds. The minimum atomic E-state index is -0.236. The number of amides is 1. The first kappa shape index (κ1) is 14.6. The Kier molecular flexibility index (Phi) is 4.76. The second kappa shape index (κ2) is 6.54. The quantitative estimate of drug-likeness (QED) is 0.693. The Bertz CT molecular complexity index is 639. The summed E-state index contributed by atoms with van der Waals surface area (Å²) in [6, 6.07) is 8.80. The van der Waals surface area contributed by atoms with Crippen LogP contribution in [-0.4, -0.2) is 18.7 Å². The van der Waals surface area contributed by atoms with Crippen molar-refractivity contribution < 1.29 is 9.53 Å². The van der Waals surface area contributed by atoms with Crippen molar-refractivity contribution >= 4 is 34.6 Å². The maximum atomic E-state index is 11.8. The highest BCUT2D eigenvalue weighted by molar-refractivity contribution is 7.12. The first-order valence-corrected chi connectivity index (χ1v) is 7.09. The first-order valence-electron chi connectivity index (χ1n) is 5.84. The number of carbonyl (C=O) groups excluding carboxylic acids is 1. The molecule has 0 aliphatic rings. The molecule has 0 radical (unpaired) electrons. The Morgan fingerprint density at radius 1 is 1.40 bits per heavy atom. The summed E-state index contributed by atoms with van der Waals surface area (Å²) in [5.74, 6) is 0.418. The predicted molar refractivity (Wildman–Crippen MR) is 82.0 cm³/mol. The summed E-state index contributed by atoms with van der Waals surface area (Å²) in [7, 11) is 1.57. The maximum Gasteiger partial charge on any atom is 0.281 e. The van der Waals surface area contributed by atoms with E-state index < -0.39 is 0 Å². The normalized spacial score (nSPS) is 11.2. The SMILES string of the molecule is COc1ccc(Cl)cc1/C(C)=N\NC(=O)c1cccs1. The van der Waals surface area contributed by atoms with Crippen LogP contribution in [0.5, 0.6) is 5.75 Å². The summed E-state index contributed by atoms with van der Waals surface area (Å²) in [6.45, 7) is 1.78. The lowest BCUT2D eigenvalue weighted by Crippen LogP contribution is -2.18. The molecule has 1 aromatic heterocycles. The fourth-order valence-electron chi connectivity index (χ4n) is 1.62. The number of thiophene rings is 1. The molecule has 0 saturated carbocycles. The maximum absolute atomic E-state index is 11.8. The Balaban J connectivity index is 2.18. The standard InChI is InChI=1S/C14H13ClN2O2S/c1-9(11-8-10(15)5-6-12(11)19-2)16-17-14(18)13-4-3-7-20-13/h3-8H,1-2H3,(H,17,18)/b16-9-. The number of carbonyl (C=O) groups is 1. The van der Waals surface area contributed by atoms with Gasteiger partial charge in [-0.1, -0.05) is 17.7 Å². The van der Waals surface area contributed by atoms with Gasteiger partial charge >= 0.3 is 0 Å². The van der Waals surface area contributed by atoms with E-state index in [1.165, 1.54) is 11.3 Å². The van der Waals surface area contributed by atoms with E-state index in [4.69, 9.17) is 16.3 Å². The van der Waals surface area contributed by atoms with Crippen LogP contribution in [0.25, 0.3) is 0 Å². The molecule has 0 aliphatic heterocycles. The molecule has 0 bridgehead atoms. The molecule has 104 valence electrons. The van der Waals surface area contributed by atoms with Gasteiger partial charge in [0.25, 0.3) is 5.91 Å². The third-order valence-corrected chi connectivity index (χ3v) is 3.73. The van der Waals surface area contributed by atoms with Gasteiger partial charge in [0.15, 0.2) is 0 Å². The van der Waals surface area contributed by atoms with E-state index in [1.807, 2.05) is 11.4 Å². The van der Waals surface area contributed by atoms with Gasteiger partial charge in [0.1, 0.15) is 5.75 Å². The number of hydrazone groups is 1. The van der Waals surface area contributed by atoms with Crippen LogP contribution >= 0.6 is 22.9 Å². The van der Waals surface area contributed by atoms with Gasteiger partial charge in [-0.3, -0.25) is 4.79 Å². The highest BCUT2D eigenvalue weighted by atomic mass is 35.5. The lowest BCUT2D eigenvalue weighted by atomic mass is 10.1. The minimum absolute atomic E-state index is 0.236. The zero-order valence-corrected chi connectivity index (χ0v) is 12.6. The van der Waals surface area contributed by atoms with Crippen LogP contribution in [0.4, 0.5) is 0 Å². The Labute approximate surface area is 126 Å². The second-order valence-electron chi connectivity index (χ2n) is 3.96. The van der Waals surface area contributed by atoms with Crippen molar-refractivity contribution in [1.82, 2.24) is 5.43 Å². The van der Waals surface area contributed by atoms with Crippen LogP contribution in [-0.2, 0) is 0 Å². The van der Waals surface area contributed by atoms with Gasteiger partial charge in [-0.05, 0) is 36.6 Å². The number of benzene rings is 1. The van der Waals surface area contributed by atoms with E-state index in [2.05, 4.69) is 10.5 Å². The summed E-state index contributed by atoms with van der Waals surface area (Å²) in [5.41, 5.74) is 3.88. The average molecular weight is 309 g/mol. The fraction of sp³-hybridized carbons (Fsp3) is 0.143. The lowest BCUT2D eigenvalue weighted by molar-refractivity contribution is 0.0959. The summed E-state index contributed by atoms with van der Waals surface area (Å²) >= 11 is 7.33. The molecule has 0 atom stereocenters. The van der Waals surface area contributed by atoms with E-state index in [-0.39, 0.29) is 5.91 Å². The summed E-state index contributed by atoms with van der Waals surface area (Å²) in [4.78, 5) is 12.4. The Morgan fingerprint density at radius 2 is 2.20 bits per heavy atom. The molecular weight excluding hydrogens is 296 g/mol. The van der Waals surface area contributed by atoms with Crippen LogP contribution in [0.2, 0.25) is 5.02 Å². The number of hydrogen-bond donors (Lipinski definition) is 1. The van der Waals surface area contributed by atoms with E-state index in [1.54, 1.807) is 38.3 Å². The van der Waals surface area contributed by atoms with Crippen molar-refractivity contribution in [1.29, 1.82) is 0 Å². The van der Waals surface area contributed by atoms with E-state index >= 15 is 0 Å². The number of ether oxygens (including phenoxy) is 1. The van der Waals surface area contributed by atoms with Crippen molar-refractivity contribution in [3.05, 3.63) is 51.2 Å². The molecule has 0 aliphatic carbocycles. The van der Waals surface area contributed by atoms with Gasteiger partial charge in [-0.2, -0.15) is 5.10 Å². The molecule has 1 aromatic carbocycles. The van der Waals surface area contributed by atoms with E-state index in [0.29, 0.717) is 21.4 Å². The van der Waals surface area contributed by atoms with Crippen LogP contribution in [0.15, 0.2) is 40.8 Å². The zero-order chi connectivity index (χ0) is 14.5. The predicted octanol–water partition coefficient (Wildman–Crippen LogP) is 3.56. The Hall–Kier alpha value is -1.85.